The molecule has 0 aliphatic heterocycles. The van der Waals surface area contributed by atoms with Gasteiger partial charge >= 0.3 is 0 Å². The van der Waals surface area contributed by atoms with Crippen LogP contribution in [0, 0.1) is 0 Å². The van der Waals surface area contributed by atoms with Crippen LogP contribution in [0.2, 0.25) is 0 Å². The molecule has 0 spiro atoms. The third-order valence-electron chi connectivity index (χ3n) is 3.19. The summed E-state index contributed by atoms with van der Waals surface area (Å²) in [6.45, 7) is 2.88. The van der Waals surface area contributed by atoms with Gasteiger partial charge in [-0.15, -0.1) is 0 Å². The lowest BCUT2D eigenvalue weighted by atomic mass is 10.2. The molecule has 0 heterocycles. The minimum atomic E-state index is -3.64. The second-order valence-corrected chi connectivity index (χ2v) is 6.58. The highest BCUT2D eigenvalue weighted by molar-refractivity contribution is 7.89. The molecule has 0 aliphatic carbocycles. The van der Waals surface area contributed by atoms with E-state index < -0.39 is 10.0 Å². The van der Waals surface area contributed by atoms with Crippen LogP contribution in [-0.2, 0) is 26.0 Å². The van der Waals surface area contributed by atoms with Gasteiger partial charge in [0.25, 0.3) is 0 Å². The molecule has 0 saturated carbocycles. The molecule has 0 bridgehead atoms. The first-order valence-corrected chi connectivity index (χ1v) is 8.20. The number of ether oxygens (including phenoxy) is 2. The van der Waals surface area contributed by atoms with Crippen LogP contribution in [0.1, 0.15) is 12.5 Å². The fourth-order valence-corrected chi connectivity index (χ4v) is 3.97. The van der Waals surface area contributed by atoms with Gasteiger partial charge in [-0.3, -0.25) is 0 Å². The van der Waals surface area contributed by atoms with Crippen LogP contribution in [-0.4, -0.2) is 52.7 Å². The van der Waals surface area contributed by atoms with Gasteiger partial charge in [0.2, 0.25) is 10.0 Å². The molecule has 1 rings (SSSR count). The second kappa shape index (κ2) is 8.45. The van der Waals surface area contributed by atoms with Gasteiger partial charge in [0.05, 0.1) is 18.1 Å². The monoisotopic (exact) mass is 316 g/mol. The van der Waals surface area contributed by atoms with E-state index in [0.29, 0.717) is 18.8 Å². The molecule has 120 valence electrons. The van der Waals surface area contributed by atoms with Crippen molar-refractivity contribution in [3.63, 3.8) is 0 Å². The van der Waals surface area contributed by atoms with Gasteiger partial charge in [-0.2, -0.15) is 4.31 Å². The number of methoxy groups -OCH3 is 2. The smallest absolute Gasteiger partial charge is 0.243 e. The minimum absolute atomic E-state index is 0.173. The van der Waals surface area contributed by atoms with E-state index in [9.17, 15) is 8.42 Å². The number of hydrogen-bond donors (Lipinski definition) is 1. The standard InChI is InChI=1S/C14H24N2O4S/c1-12(11-20-3)16(8-9-19-2)21(17,18)14-7-5-4-6-13(14)10-15/h4-7,12H,8-11,15H2,1-3H3. The van der Waals surface area contributed by atoms with Crippen LogP contribution in [0.25, 0.3) is 0 Å². The highest BCUT2D eigenvalue weighted by Crippen LogP contribution is 2.22. The molecule has 6 nitrogen and oxygen atoms in total. The molecule has 0 fully saturated rings. The number of benzene rings is 1. The van der Waals surface area contributed by atoms with Crippen LogP contribution in [0.4, 0.5) is 0 Å². The second-order valence-electron chi connectivity index (χ2n) is 4.72. The summed E-state index contributed by atoms with van der Waals surface area (Å²) in [6, 6.07) is 6.49. The largest absolute Gasteiger partial charge is 0.383 e. The fourth-order valence-electron chi connectivity index (χ4n) is 2.13. The molecule has 0 amide bonds. The van der Waals surface area contributed by atoms with Crippen molar-refractivity contribution in [1.82, 2.24) is 4.31 Å². The third kappa shape index (κ3) is 4.49. The van der Waals surface area contributed by atoms with Crippen LogP contribution in [0.5, 0.6) is 0 Å². The SMILES string of the molecule is COCCN(C(C)COC)S(=O)(=O)c1ccccc1CN. The zero-order valence-corrected chi connectivity index (χ0v) is 13.6. The van der Waals surface area contributed by atoms with E-state index >= 15 is 0 Å². The van der Waals surface area contributed by atoms with Gasteiger partial charge in [-0.05, 0) is 18.6 Å². The molecule has 1 aromatic carbocycles. The Labute approximate surface area is 126 Å². The van der Waals surface area contributed by atoms with E-state index in [1.54, 1.807) is 38.5 Å². The molecular weight excluding hydrogens is 292 g/mol. The van der Waals surface area contributed by atoms with E-state index in [1.807, 2.05) is 6.92 Å². The molecule has 7 heteroatoms. The Bertz CT molecular complexity index is 534. The van der Waals surface area contributed by atoms with E-state index in [1.165, 1.54) is 4.31 Å². The Kier molecular flexibility index (Phi) is 7.27. The van der Waals surface area contributed by atoms with Crippen molar-refractivity contribution in [2.75, 3.05) is 34.0 Å². The molecule has 0 saturated heterocycles. The van der Waals surface area contributed by atoms with Gasteiger partial charge in [0, 0.05) is 33.4 Å². The van der Waals surface area contributed by atoms with Crippen LogP contribution >= 0.6 is 0 Å². The van der Waals surface area contributed by atoms with Gasteiger partial charge in [-0.1, -0.05) is 18.2 Å². The van der Waals surface area contributed by atoms with Crippen molar-refractivity contribution in [2.24, 2.45) is 5.73 Å². The van der Waals surface area contributed by atoms with Crippen LogP contribution < -0.4 is 5.73 Å². The Morgan fingerprint density at radius 3 is 2.48 bits per heavy atom. The molecule has 1 unspecified atom stereocenters. The summed E-state index contributed by atoms with van der Waals surface area (Å²) in [4.78, 5) is 0.242. The summed E-state index contributed by atoms with van der Waals surface area (Å²) in [5, 5.41) is 0. The van der Waals surface area contributed by atoms with E-state index in [0.717, 1.165) is 0 Å². The maximum absolute atomic E-state index is 12.9. The molecule has 0 aromatic heterocycles. The average molecular weight is 316 g/mol. The molecule has 21 heavy (non-hydrogen) atoms. The average Bonchev–Trinajstić information content (AvgIpc) is 2.47. The van der Waals surface area contributed by atoms with Gasteiger partial charge < -0.3 is 15.2 Å². The van der Waals surface area contributed by atoms with E-state index in [2.05, 4.69) is 0 Å². The zero-order chi connectivity index (χ0) is 15.9. The van der Waals surface area contributed by atoms with E-state index in [-0.39, 0.29) is 24.0 Å². The predicted molar refractivity (Wildman–Crippen MR) is 81.4 cm³/mol. The molecular formula is C14H24N2O4S. The summed E-state index contributed by atoms with van der Waals surface area (Å²) in [6.07, 6.45) is 0. The Hall–Kier alpha value is -0.990. The molecule has 0 aliphatic rings. The minimum Gasteiger partial charge on any atom is -0.383 e. The fraction of sp³-hybridized carbons (Fsp3) is 0.571. The molecule has 1 aromatic rings. The Morgan fingerprint density at radius 2 is 1.90 bits per heavy atom. The van der Waals surface area contributed by atoms with Crippen molar-refractivity contribution in [1.29, 1.82) is 0 Å². The summed E-state index contributed by atoms with van der Waals surface area (Å²) in [5.41, 5.74) is 6.25. The van der Waals surface area contributed by atoms with Crippen LogP contribution in [0.15, 0.2) is 29.2 Å². The third-order valence-corrected chi connectivity index (χ3v) is 5.31. The predicted octanol–water partition coefficient (Wildman–Crippen LogP) is 0.817. The summed E-state index contributed by atoms with van der Waals surface area (Å²) < 4.78 is 37.3. The molecule has 2 N–H and O–H groups in total. The number of nitrogens with zero attached hydrogens (tertiary/aromatic N) is 1. The Balaban J connectivity index is 3.19. The maximum atomic E-state index is 12.9. The maximum Gasteiger partial charge on any atom is 0.243 e. The number of nitrogens with two attached hydrogens (primary N) is 1. The Morgan fingerprint density at radius 1 is 1.24 bits per heavy atom. The number of rotatable bonds is 9. The van der Waals surface area contributed by atoms with Crippen molar-refractivity contribution < 1.29 is 17.9 Å². The number of sulfonamides is 1. The highest BCUT2D eigenvalue weighted by atomic mass is 32.2. The van der Waals surface area contributed by atoms with Gasteiger partial charge in [0.15, 0.2) is 0 Å². The summed E-state index contributed by atoms with van der Waals surface area (Å²) in [7, 11) is -0.556. The highest BCUT2D eigenvalue weighted by Gasteiger charge is 2.30. The lowest BCUT2D eigenvalue weighted by Crippen LogP contribution is -2.43. The lowest BCUT2D eigenvalue weighted by molar-refractivity contribution is 0.119. The first-order chi connectivity index (χ1) is 9.98. The van der Waals surface area contributed by atoms with E-state index in [4.69, 9.17) is 15.2 Å². The first kappa shape index (κ1) is 18.1. The first-order valence-electron chi connectivity index (χ1n) is 6.76. The topological polar surface area (TPSA) is 81.9 Å². The number of hydrogen-bond acceptors (Lipinski definition) is 5. The summed E-state index contributed by atoms with van der Waals surface area (Å²) in [5.74, 6) is 0. The van der Waals surface area contributed by atoms with Crippen molar-refractivity contribution in [3.05, 3.63) is 29.8 Å². The van der Waals surface area contributed by atoms with Crippen molar-refractivity contribution in [3.8, 4) is 0 Å². The quantitative estimate of drug-likeness (QED) is 0.729. The zero-order valence-electron chi connectivity index (χ0n) is 12.8. The molecule has 1 atom stereocenters. The van der Waals surface area contributed by atoms with Crippen molar-refractivity contribution in [2.45, 2.75) is 24.4 Å². The summed E-state index contributed by atoms with van der Waals surface area (Å²) >= 11 is 0. The van der Waals surface area contributed by atoms with Gasteiger partial charge in [-0.25, -0.2) is 8.42 Å². The lowest BCUT2D eigenvalue weighted by Gasteiger charge is -2.28. The van der Waals surface area contributed by atoms with Crippen molar-refractivity contribution >= 4 is 10.0 Å². The van der Waals surface area contributed by atoms with Gasteiger partial charge in [0.1, 0.15) is 0 Å². The molecule has 0 radical (unpaired) electrons. The normalized spacial score (nSPS) is 13.6. The van der Waals surface area contributed by atoms with Crippen LogP contribution in [0.3, 0.4) is 0 Å².